The molecule has 2 heteroatoms. The Hall–Kier alpha value is -1.54. The van der Waals surface area contributed by atoms with Crippen molar-refractivity contribution in [3.05, 3.63) is 42.0 Å². The number of hydrogen-bond acceptors (Lipinski definition) is 2. The number of phenols is 1. The van der Waals surface area contributed by atoms with E-state index >= 15 is 0 Å². The van der Waals surface area contributed by atoms with Gasteiger partial charge in [0.25, 0.3) is 0 Å². The van der Waals surface area contributed by atoms with E-state index in [1.54, 1.807) is 7.11 Å². The molecule has 0 fully saturated rings. The summed E-state index contributed by atoms with van der Waals surface area (Å²) in [5.41, 5.74) is 1.00. The third-order valence-electron chi connectivity index (χ3n) is 3.19. The van der Waals surface area contributed by atoms with Crippen LogP contribution in [-0.4, -0.2) is 18.8 Å². The van der Waals surface area contributed by atoms with Crippen LogP contribution in [-0.2, 0) is 11.2 Å². The van der Waals surface area contributed by atoms with Crippen molar-refractivity contribution >= 4 is 10.8 Å². The third-order valence-corrected chi connectivity index (χ3v) is 3.19. The van der Waals surface area contributed by atoms with Crippen LogP contribution in [0.25, 0.3) is 10.8 Å². The summed E-state index contributed by atoms with van der Waals surface area (Å²) in [4.78, 5) is 0. The van der Waals surface area contributed by atoms with Crippen LogP contribution in [0.3, 0.4) is 0 Å². The molecule has 2 aromatic rings. The van der Waals surface area contributed by atoms with Crippen LogP contribution in [0.4, 0.5) is 0 Å². The Kier molecular flexibility index (Phi) is 3.58. The number of benzene rings is 2. The van der Waals surface area contributed by atoms with Gasteiger partial charge in [-0.25, -0.2) is 0 Å². The van der Waals surface area contributed by atoms with Crippen LogP contribution in [0.5, 0.6) is 5.75 Å². The second-order valence-corrected chi connectivity index (χ2v) is 5.57. The van der Waals surface area contributed by atoms with Gasteiger partial charge >= 0.3 is 0 Å². The van der Waals surface area contributed by atoms with E-state index in [4.69, 9.17) is 4.74 Å². The van der Waals surface area contributed by atoms with Gasteiger partial charge in [-0.15, -0.1) is 0 Å². The van der Waals surface area contributed by atoms with Gasteiger partial charge in [0, 0.05) is 12.5 Å². The van der Waals surface area contributed by atoms with Gasteiger partial charge in [0.1, 0.15) is 5.75 Å². The van der Waals surface area contributed by atoms with Gasteiger partial charge in [-0.1, -0.05) is 50.2 Å². The lowest BCUT2D eigenvalue weighted by Crippen LogP contribution is -2.21. The Morgan fingerprint density at radius 3 is 2.56 bits per heavy atom. The van der Waals surface area contributed by atoms with E-state index in [0.29, 0.717) is 12.4 Å². The zero-order chi connectivity index (χ0) is 13.2. The predicted molar refractivity (Wildman–Crippen MR) is 75.0 cm³/mol. The van der Waals surface area contributed by atoms with Crippen molar-refractivity contribution in [3.63, 3.8) is 0 Å². The molecule has 96 valence electrons. The molecule has 2 aromatic carbocycles. The van der Waals surface area contributed by atoms with E-state index in [1.807, 2.05) is 30.3 Å². The minimum absolute atomic E-state index is 0.0225. The van der Waals surface area contributed by atoms with E-state index in [9.17, 15) is 5.11 Å². The Labute approximate surface area is 108 Å². The molecule has 0 saturated carbocycles. The molecule has 1 N–H and O–H groups in total. The van der Waals surface area contributed by atoms with Crippen molar-refractivity contribution in [1.82, 2.24) is 0 Å². The monoisotopic (exact) mass is 244 g/mol. The topological polar surface area (TPSA) is 29.5 Å². The summed E-state index contributed by atoms with van der Waals surface area (Å²) in [7, 11) is 1.71. The Morgan fingerprint density at radius 2 is 1.83 bits per heavy atom. The van der Waals surface area contributed by atoms with Crippen LogP contribution in [0, 0.1) is 5.41 Å². The van der Waals surface area contributed by atoms with Crippen molar-refractivity contribution in [3.8, 4) is 5.75 Å². The molecule has 0 spiro atoms. The van der Waals surface area contributed by atoms with Crippen LogP contribution in [0.15, 0.2) is 36.4 Å². The number of fused-ring (bicyclic) bond motifs is 1. The lowest BCUT2D eigenvalue weighted by molar-refractivity contribution is 0.104. The first kappa shape index (κ1) is 12.9. The van der Waals surface area contributed by atoms with Crippen molar-refractivity contribution in [2.24, 2.45) is 5.41 Å². The van der Waals surface area contributed by atoms with Gasteiger partial charge in [-0.2, -0.15) is 0 Å². The van der Waals surface area contributed by atoms with Crippen LogP contribution >= 0.6 is 0 Å². The van der Waals surface area contributed by atoms with Gasteiger partial charge < -0.3 is 9.84 Å². The normalized spacial score (nSPS) is 11.9. The second-order valence-electron chi connectivity index (χ2n) is 5.57. The van der Waals surface area contributed by atoms with E-state index in [0.717, 1.165) is 22.8 Å². The molecule has 0 aliphatic heterocycles. The molecular weight excluding hydrogens is 224 g/mol. The quantitative estimate of drug-likeness (QED) is 0.887. The molecule has 0 aromatic heterocycles. The summed E-state index contributed by atoms with van der Waals surface area (Å²) >= 11 is 0. The number of hydrogen-bond donors (Lipinski definition) is 1. The van der Waals surface area contributed by atoms with Gasteiger partial charge in [0.15, 0.2) is 0 Å². The van der Waals surface area contributed by atoms with Crippen molar-refractivity contribution in [2.75, 3.05) is 13.7 Å². The first-order valence-corrected chi connectivity index (χ1v) is 6.22. The average Bonchev–Trinajstić information content (AvgIpc) is 2.33. The van der Waals surface area contributed by atoms with Crippen LogP contribution in [0.2, 0.25) is 0 Å². The maximum atomic E-state index is 10.3. The van der Waals surface area contributed by atoms with Crippen LogP contribution in [0.1, 0.15) is 19.4 Å². The third kappa shape index (κ3) is 2.65. The smallest absolute Gasteiger partial charge is 0.126 e. The molecule has 0 atom stereocenters. The maximum absolute atomic E-state index is 10.3. The van der Waals surface area contributed by atoms with Crippen molar-refractivity contribution in [2.45, 2.75) is 20.3 Å². The average molecular weight is 244 g/mol. The van der Waals surface area contributed by atoms with Crippen LogP contribution < -0.4 is 0 Å². The second kappa shape index (κ2) is 4.99. The lowest BCUT2D eigenvalue weighted by atomic mass is 9.85. The highest BCUT2D eigenvalue weighted by Gasteiger charge is 2.20. The fourth-order valence-corrected chi connectivity index (χ4v) is 2.40. The maximum Gasteiger partial charge on any atom is 0.126 e. The molecule has 0 bridgehead atoms. The zero-order valence-electron chi connectivity index (χ0n) is 11.2. The van der Waals surface area contributed by atoms with Gasteiger partial charge in [0.2, 0.25) is 0 Å². The van der Waals surface area contributed by atoms with E-state index in [-0.39, 0.29) is 5.41 Å². The zero-order valence-corrected chi connectivity index (χ0v) is 11.2. The molecule has 18 heavy (non-hydrogen) atoms. The molecule has 0 heterocycles. The lowest BCUT2D eigenvalue weighted by Gasteiger charge is -2.24. The van der Waals surface area contributed by atoms with Gasteiger partial charge in [-0.3, -0.25) is 0 Å². The number of phenolic OH excluding ortho intramolecular Hbond substituents is 1. The molecule has 0 amide bonds. The molecular formula is C16H20O2. The Morgan fingerprint density at radius 1 is 1.11 bits per heavy atom. The standard InChI is InChI=1S/C16H20O2/c1-16(2,11-18-3)10-13-9-8-12-6-4-5-7-14(12)15(13)17/h4-9,17H,10-11H2,1-3H3. The molecule has 2 rings (SSSR count). The summed E-state index contributed by atoms with van der Waals surface area (Å²) in [5.74, 6) is 0.400. The summed E-state index contributed by atoms with van der Waals surface area (Å²) < 4.78 is 5.22. The molecule has 0 aliphatic carbocycles. The fourth-order valence-electron chi connectivity index (χ4n) is 2.40. The molecule has 0 unspecified atom stereocenters. The van der Waals surface area contributed by atoms with E-state index in [2.05, 4.69) is 19.9 Å². The fraction of sp³-hybridized carbons (Fsp3) is 0.375. The summed E-state index contributed by atoms with van der Waals surface area (Å²) in [5, 5.41) is 12.3. The first-order valence-electron chi connectivity index (χ1n) is 6.22. The highest BCUT2D eigenvalue weighted by atomic mass is 16.5. The van der Waals surface area contributed by atoms with Crippen molar-refractivity contribution in [1.29, 1.82) is 0 Å². The summed E-state index contributed by atoms with van der Waals surface area (Å²) in [6.07, 6.45) is 0.803. The van der Waals surface area contributed by atoms with E-state index < -0.39 is 0 Å². The Balaban J connectivity index is 2.37. The highest BCUT2D eigenvalue weighted by molar-refractivity contribution is 5.89. The van der Waals surface area contributed by atoms with Crippen molar-refractivity contribution < 1.29 is 9.84 Å². The Bertz CT molecular complexity index is 544. The SMILES string of the molecule is COCC(C)(C)Cc1ccc2ccccc2c1O. The number of methoxy groups -OCH3 is 1. The predicted octanol–water partition coefficient (Wildman–Crippen LogP) is 3.76. The van der Waals surface area contributed by atoms with Gasteiger partial charge in [-0.05, 0) is 22.8 Å². The highest BCUT2D eigenvalue weighted by Crippen LogP contribution is 2.33. The minimum Gasteiger partial charge on any atom is -0.507 e. The molecule has 0 radical (unpaired) electrons. The largest absolute Gasteiger partial charge is 0.507 e. The van der Waals surface area contributed by atoms with Gasteiger partial charge in [0.05, 0.1) is 6.61 Å². The number of rotatable bonds is 4. The molecule has 0 aliphatic rings. The number of aromatic hydroxyl groups is 1. The first-order chi connectivity index (χ1) is 8.53. The summed E-state index contributed by atoms with van der Waals surface area (Å²) in [6, 6.07) is 12.0. The molecule has 2 nitrogen and oxygen atoms in total. The van der Waals surface area contributed by atoms with E-state index in [1.165, 1.54) is 0 Å². The summed E-state index contributed by atoms with van der Waals surface area (Å²) in [6.45, 7) is 4.97. The number of ether oxygens (including phenoxy) is 1. The minimum atomic E-state index is 0.0225. The molecule has 0 saturated heterocycles.